The second-order valence-electron chi connectivity index (χ2n) is 3.24. The van der Waals surface area contributed by atoms with Crippen LogP contribution in [0, 0.1) is 16.7 Å². The molecule has 0 aliphatic carbocycles. The zero-order chi connectivity index (χ0) is 10.7. The summed E-state index contributed by atoms with van der Waals surface area (Å²) in [5, 5.41) is 8.83. The van der Waals surface area contributed by atoms with Gasteiger partial charge in [0.25, 0.3) is 0 Å². The Labute approximate surface area is 84.4 Å². The summed E-state index contributed by atoms with van der Waals surface area (Å²) < 4.78 is 40.4. The van der Waals surface area contributed by atoms with Crippen LogP contribution in [-0.2, 0) is 4.74 Å². The van der Waals surface area contributed by atoms with Crippen molar-refractivity contribution < 1.29 is 17.9 Å². The molecule has 0 bridgehead atoms. The lowest BCUT2D eigenvalue weighted by Gasteiger charge is -2.17. The highest BCUT2D eigenvalue weighted by Crippen LogP contribution is 2.37. The molecule has 80 valence electrons. The van der Waals surface area contributed by atoms with Crippen LogP contribution in [0.15, 0.2) is 0 Å². The molecule has 0 N–H and O–H groups in total. The standard InChI is InChI=1S/C8H10F3NOS/c9-8(10,11)14-4-2-7(5-12)1-3-13-6-7/h1-4,6H2. The molecular weight excluding hydrogens is 215 g/mol. The maximum atomic E-state index is 11.8. The molecule has 0 radical (unpaired) electrons. The number of alkyl halides is 3. The Kier molecular flexibility index (Phi) is 3.67. The van der Waals surface area contributed by atoms with Crippen molar-refractivity contribution in [2.75, 3.05) is 19.0 Å². The summed E-state index contributed by atoms with van der Waals surface area (Å²) in [4.78, 5) is 0. The molecule has 0 amide bonds. The molecule has 1 heterocycles. The van der Waals surface area contributed by atoms with E-state index in [1.54, 1.807) is 0 Å². The molecule has 0 aromatic rings. The molecule has 1 fully saturated rings. The van der Waals surface area contributed by atoms with E-state index >= 15 is 0 Å². The van der Waals surface area contributed by atoms with Crippen molar-refractivity contribution in [3.63, 3.8) is 0 Å². The molecule has 1 aliphatic rings. The van der Waals surface area contributed by atoms with E-state index in [1.807, 2.05) is 0 Å². The quantitative estimate of drug-likeness (QED) is 0.740. The zero-order valence-electron chi connectivity index (χ0n) is 7.43. The Morgan fingerprint density at radius 3 is 2.64 bits per heavy atom. The molecule has 0 saturated carbocycles. The highest BCUT2D eigenvalue weighted by molar-refractivity contribution is 8.00. The van der Waals surface area contributed by atoms with Crippen molar-refractivity contribution in [3.8, 4) is 6.07 Å². The molecule has 0 aromatic heterocycles. The Balaban J connectivity index is 2.33. The first-order valence-electron chi connectivity index (χ1n) is 4.17. The Morgan fingerprint density at radius 1 is 1.50 bits per heavy atom. The van der Waals surface area contributed by atoms with E-state index in [4.69, 9.17) is 10.00 Å². The van der Waals surface area contributed by atoms with Crippen LogP contribution in [-0.4, -0.2) is 24.5 Å². The minimum atomic E-state index is -4.20. The minimum Gasteiger partial charge on any atom is -0.380 e. The normalized spacial score (nSPS) is 27.6. The second-order valence-corrected chi connectivity index (χ2v) is 4.40. The number of nitriles is 1. The first kappa shape index (κ1) is 11.7. The third-order valence-corrected chi connectivity index (χ3v) is 2.92. The molecule has 1 rings (SSSR count). The van der Waals surface area contributed by atoms with E-state index in [2.05, 4.69) is 6.07 Å². The fraction of sp³-hybridized carbons (Fsp3) is 0.875. The van der Waals surface area contributed by atoms with Crippen molar-refractivity contribution >= 4 is 11.8 Å². The SMILES string of the molecule is N#CC1(CCSC(F)(F)F)CCOC1. The lowest BCUT2D eigenvalue weighted by Crippen LogP contribution is -2.20. The average molecular weight is 225 g/mol. The number of rotatable bonds is 3. The zero-order valence-corrected chi connectivity index (χ0v) is 8.25. The number of ether oxygens (including phenoxy) is 1. The van der Waals surface area contributed by atoms with Crippen LogP contribution in [0.3, 0.4) is 0 Å². The summed E-state index contributed by atoms with van der Waals surface area (Å²) in [7, 11) is 0. The first-order valence-corrected chi connectivity index (χ1v) is 5.16. The van der Waals surface area contributed by atoms with E-state index in [0.29, 0.717) is 13.0 Å². The number of thioether (sulfide) groups is 1. The lowest BCUT2D eigenvalue weighted by molar-refractivity contribution is -0.0328. The van der Waals surface area contributed by atoms with Crippen LogP contribution in [0.5, 0.6) is 0 Å². The van der Waals surface area contributed by atoms with Gasteiger partial charge < -0.3 is 4.74 Å². The number of halogens is 3. The molecule has 1 atom stereocenters. The Bertz CT molecular complexity index is 230. The Morgan fingerprint density at radius 2 is 2.21 bits per heavy atom. The number of hydrogen-bond donors (Lipinski definition) is 0. The predicted molar refractivity (Wildman–Crippen MR) is 46.6 cm³/mol. The van der Waals surface area contributed by atoms with Gasteiger partial charge in [-0.05, 0) is 12.8 Å². The summed E-state index contributed by atoms with van der Waals surface area (Å²) in [5.41, 5.74) is -4.88. The van der Waals surface area contributed by atoms with Gasteiger partial charge >= 0.3 is 5.51 Å². The molecule has 0 aromatic carbocycles. The predicted octanol–water partition coefficient (Wildman–Crippen LogP) is 2.56. The smallest absolute Gasteiger partial charge is 0.380 e. The fourth-order valence-corrected chi connectivity index (χ4v) is 2.03. The third kappa shape index (κ3) is 3.39. The summed E-state index contributed by atoms with van der Waals surface area (Å²) in [6.45, 7) is 0.742. The molecule has 1 unspecified atom stereocenters. The van der Waals surface area contributed by atoms with Crippen molar-refractivity contribution in [2.24, 2.45) is 5.41 Å². The summed E-state index contributed by atoms with van der Waals surface area (Å²) >= 11 is -0.0723. The molecule has 1 saturated heterocycles. The first-order chi connectivity index (χ1) is 6.47. The monoisotopic (exact) mass is 225 g/mol. The molecular formula is C8H10F3NOS. The van der Waals surface area contributed by atoms with Gasteiger partial charge in [-0.15, -0.1) is 0 Å². The van der Waals surface area contributed by atoms with E-state index in [9.17, 15) is 13.2 Å². The van der Waals surface area contributed by atoms with E-state index in [-0.39, 0.29) is 30.5 Å². The summed E-state index contributed by atoms with van der Waals surface area (Å²) in [6.07, 6.45) is 0.787. The van der Waals surface area contributed by atoms with E-state index in [1.165, 1.54) is 0 Å². The van der Waals surface area contributed by atoms with Gasteiger partial charge in [0, 0.05) is 12.4 Å². The molecule has 0 spiro atoms. The van der Waals surface area contributed by atoms with Gasteiger partial charge in [0.1, 0.15) is 0 Å². The minimum absolute atomic E-state index is 0.0690. The van der Waals surface area contributed by atoms with Gasteiger partial charge in [-0.25, -0.2) is 0 Å². The van der Waals surface area contributed by atoms with Crippen molar-refractivity contribution in [1.82, 2.24) is 0 Å². The van der Waals surface area contributed by atoms with Gasteiger partial charge in [0.05, 0.1) is 18.1 Å². The van der Waals surface area contributed by atoms with Crippen LogP contribution in [0.1, 0.15) is 12.8 Å². The van der Waals surface area contributed by atoms with E-state index in [0.717, 1.165) is 0 Å². The van der Waals surface area contributed by atoms with Crippen LogP contribution in [0.2, 0.25) is 0 Å². The van der Waals surface area contributed by atoms with Crippen LogP contribution >= 0.6 is 11.8 Å². The maximum Gasteiger partial charge on any atom is 0.441 e. The highest BCUT2D eigenvalue weighted by Gasteiger charge is 2.36. The van der Waals surface area contributed by atoms with Crippen molar-refractivity contribution in [2.45, 2.75) is 18.3 Å². The van der Waals surface area contributed by atoms with Crippen LogP contribution in [0.25, 0.3) is 0 Å². The van der Waals surface area contributed by atoms with Crippen LogP contribution in [0.4, 0.5) is 13.2 Å². The summed E-state index contributed by atoms with van der Waals surface area (Å²) in [6, 6.07) is 2.06. The van der Waals surface area contributed by atoms with Gasteiger partial charge in [-0.3, -0.25) is 0 Å². The number of nitrogens with zero attached hydrogens (tertiary/aromatic N) is 1. The lowest BCUT2D eigenvalue weighted by atomic mass is 9.86. The average Bonchev–Trinajstić information content (AvgIpc) is 2.52. The van der Waals surface area contributed by atoms with Crippen LogP contribution < -0.4 is 0 Å². The fourth-order valence-electron chi connectivity index (χ4n) is 1.31. The molecule has 14 heavy (non-hydrogen) atoms. The highest BCUT2D eigenvalue weighted by atomic mass is 32.2. The Hall–Kier alpha value is -0.410. The third-order valence-electron chi connectivity index (χ3n) is 2.19. The maximum absolute atomic E-state index is 11.8. The van der Waals surface area contributed by atoms with Crippen molar-refractivity contribution in [3.05, 3.63) is 0 Å². The topological polar surface area (TPSA) is 33.0 Å². The van der Waals surface area contributed by atoms with Gasteiger partial charge in [-0.1, -0.05) is 11.8 Å². The van der Waals surface area contributed by atoms with Crippen molar-refractivity contribution in [1.29, 1.82) is 5.26 Å². The molecule has 2 nitrogen and oxygen atoms in total. The number of hydrogen-bond acceptors (Lipinski definition) is 3. The van der Waals surface area contributed by atoms with Gasteiger partial charge in [-0.2, -0.15) is 18.4 Å². The molecule has 6 heteroatoms. The largest absolute Gasteiger partial charge is 0.441 e. The second kappa shape index (κ2) is 4.41. The van der Waals surface area contributed by atoms with E-state index < -0.39 is 10.9 Å². The van der Waals surface area contributed by atoms with Gasteiger partial charge in [0.2, 0.25) is 0 Å². The summed E-state index contributed by atoms with van der Waals surface area (Å²) in [5.74, 6) is -0.0690. The molecule has 1 aliphatic heterocycles. The van der Waals surface area contributed by atoms with Gasteiger partial charge in [0.15, 0.2) is 0 Å².